The molecule has 0 heterocycles. The minimum Gasteiger partial charge on any atom is -0.296 e. The third-order valence-electron chi connectivity index (χ3n) is 8.14. The number of alkyl halides is 1. The van der Waals surface area contributed by atoms with Crippen molar-refractivity contribution >= 4 is 11.6 Å². The van der Waals surface area contributed by atoms with Crippen LogP contribution in [0.25, 0.3) is 0 Å². The van der Waals surface area contributed by atoms with Crippen LogP contribution in [0.1, 0.15) is 39.5 Å². The van der Waals surface area contributed by atoms with E-state index >= 15 is 0 Å². The molecule has 5 aliphatic rings. The molecule has 0 bridgehead atoms. The molecule has 0 spiro atoms. The predicted octanol–water partition coefficient (Wildman–Crippen LogP) is 3.67. The molecule has 122 valence electrons. The van der Waals surface area contributed by atoms with Crippen LogP contribution in [-0.2, 0) is 9.59 Å². The number of fused-ring (bicyclic) bond motifs is 7. The molecule has 0 amide bonds. The summed E-state index contributed by atoms with van der Waals surface area (Å²) in [6, 6.07) is 0. The van der Waals surface area contributed by atoms with Crippen LogP contribution in [0, 0.1) is 40.4 Å². The first-order chi connectivity index (χ1) is 10.9. The summed E-state index contributed by atoms with van der Waals surface area (Å²) in [5, 5.41) is 0. The lowest BCUT2D eigenvalue weighted by Gasteiger charge is -2.54. The van der Waals surface area contributed by atoms with Gasteiger partial charge in [-0.15, -0.1) is 0 Å². The molecule has 0 N–H and O–H groups in total. The van der Waals surface area contributed by atoms with Crippen LogP contribution in [0.4, 0.5) is 4.39 Å². The molecule has 5 aliphatic carbocycles. The number of halogens is 1. The minimum atomic E-state index is -1.27. The van der Waals surface area contributed by atoms with Gasteiger partial charge in [-0.05, 0) is 66.4 Å². The van der Waals surface area contributed by atoms with E-state index in [1.165, 1.54) is 5.57 Å². The zero-order valence-electron chi connectivity index (χ0n) is 13.7. The molecule has 2 nitrogen and oxygen atoms in total. The number of rotatable bonds is 0. The third kappa shape index (κ3) is 1.50. The second-order valence-electron chi connectivity index (χ2n) is 8.91. The van der Waals surface area contributed by atoms with Crippen molar-refractivity contribution in [2.75, 3.05) is 0 Å². The predicted molar refractivity (Wildman–Crippen MR) is 84.3 cm³/mol. The van der Waals surface area contributed by atoms with E-state index in [1.54, 1.807) is 0 Å². The summed E-state index contributed by atoms with van der Waals surface area (Å²) in [5.41, 5.74) is 0.763. The maximum atomic E-state index is 14.2. The molecule has 1 unspecified atom stereocenters. The molecule has 23 heavy (non-hydrogen) atoms. The first-order valence-corrected chi connectivity index (χ1v) is 9.00. The molecule has 0 aliphatic heterocycles. The van der Waals surface area contributed by atoms with Gasteiger partial charge in [0.15, 0.2) is 17.7 Å². The second-order valence-corrected chi connectivity index (χ2v) is 8.91. The van der Waals surface area contributed by atoms with E-state index in [4.69, 9.17) is 0 Å². The normalized spacial score (nSPS) is 56.4. The lowest BCUT2D eigenvalue weighted by atomic mass is 9.49. The monoisotopic (exact) mass is 314 g/mol. The average Bonchev–Trinajstić information content (AvgIpc) is 3.29. The number of hydrogen-bond donors (Lipinski definition) is 0. The molecular formula is C20H23FO2. The fourth-order valence-corrected chi connectivity index (χ4v) is 6.65. The summed E-state index contributed by atoms with van der Waals surface area (Å²) < 4.78 is 14.2. The first kappa shape index (κ1) is 14.1. The van der Waals surface area contributed by atoms with E-state index in [0.29, 0.717) is 24.0 Å². The minimum absolute atomic E-state index is 0.0524. The smallest absolute Gasteiger partial charge is 0.173 e. The van der Waals surface area contributed by atoms with Crippen molar-refractivity contribution in [3.63, 3.8) is 0 Å². The van der Waals surface area contributed by atoms with Gasteiger partial charge in [-0.1, -0.05) is 26.0 Å². The summed E-state index contributed by atoms with van der Waals surface area (Å²) in [5.74, 6) is 1.70. The Morgan fingerprint density at radius 1 is 1.13 bits per heavy atom. The summed E-state index contributed by atoms with van der Waals surface area (Å²) in [4.78, 5) is 24.5. The van der Waals surface area contributed by atoms with E-state index < -0.39 is 11.6 Å². The SMILES string of the molecule is C[C@]12CC[C@H]3[C@@H](C=CC4=CC(=O)[C@H]5CC5[C@@]43C)[C@@H]1C[C@@H](F)C2=O. The number of carbonyl (C=O) groups is 2. The van der Waals surface area contributed by atoms with Crippen molar-refractivity contribution in [3.05, 3.63) is 23.8 Å². The zero-order chi connectivity index (χ0) is 16.1. The van der Waals surface area contributed by atoms with Gasteiger partial charge >= 0.3 is 0 Å². The van der Waals surface area contributed by atoms with Gasteiger partial charge in [-0.3, -0.25) is 9.59 Å². The lowest BCUT2D eigenvalue weighted by Crippen LogP contribution is -2.50. The molecule has 5 rings (SSSR count). The van der Waals surface area contributed by atoms with Crippen LogP contribution in [0.2, 0.25) is 0 Å². The molecule has 0 saturated heterocycles. The lowest BCUT2D eigenvalue weighted by molar-refractivity contribution is -0.133. The van der Waals surface area contributed by atoms with Crippen LogP contribution >= 0.6 is 0 Å². The first-order valence-electron chi connectivity index (χ1n) is 9.00. The summed E-state index contributed by atoms with van der Waals surface area (Å²) >= 11 is 0. The van der Waals surface area contributed by atoms with Crippen molar-refractivity contribution in [1.29, 1.82) is 0 Å². The molecular weight excluding hydrogens is 291 g/mol. The molecule has 3 saturated carbocycles. The van der Waals surface area contributed by atoms with Gasteiger partial charge in [-0.25, -0.2) is 4.39 Å². The van der Waals surface area contributed by atoms with Crippen LogP contribution in [0.15, 0.2) is 23.8 Å². The van der Waals surface area contributed by atoms with Gasteiger partial charge in [-0.2, -0.15) is 0 Å². The van der Waals surface area contributed by atoms with E-state index in [9.17, 15) is 14.0 Å². The number of allylic oxidation sites excluding steroid dienone is 4. The standard InChI is InChI=1S/C20H23FO2/c1-19-6-5-13-11(14(19)9-16(21)18(19)23)4-3-10-7-17(22)12-8-15(12)20(10,13)2/h3-4,7,11-16H,5-6,8-9H2,1-2H3/t11-,12+,13+,14+,15?,16-,19+,20+/m1/s1. The number of Topliss-reactive ketones (excluding diaryl/α,β-unsaturated/α-hetero) is 1. The molecule has 3 heteroatoms. The Morgan fingerprint density at radius 3 is 2.70 bits per heavy atom. The van der Waals surface area contributed by atoms with Crippen LogP contribution in [-0.4, -0.2) is 17.7 Å². The number of carbonyl (C=O) groups excluding carboxylic acids is 2. The van der Waals surface area contributed by atoms with Gasteiger partial charge in [0, 0.05) is 11.3 Å². The largest absolute Gasteiger partial charge is 0.296 e. The molecule has 0 aromatic carbocycles. The Hall–Kier alpha value is -1.25. The fourth-order valence-electron chi connectivity index (χ4n) is 6.65. The van der Waals surface area contributed by atoms with Gasteiger partial charge in [0.2, 0.25) is 0 Å². The van der Waals surface area contributed by atoms with Crippen LogP contribution in [0.5, 0.6) is 0 Å². The molecule has 0 aromatic heterocycles. The van der Waals surface area contributed by atoms with E-state index in [1.807, 2.05) is 13.0 Å². The molecule has 0 aromatic rings. The quantitative estimate of drug-likeness (QED) is 0.684. The Labute approximate surface area is 136 Å². The molecule has 3 fully saturated rings. The highest BCUT2D eigenvalue weighted by Gasteiger charge is 2.66. The second kappa shape index (κ2) is 4.04. The molecule has 8 atom stereocenters. The highest BCUT2D eigenvalue weighted by molar-refractivity contribution is 5.97. The Kier molecular flexibility index (Phi) is 2.48. The summed E-state index contributed by atoms with van der Waals surface area (Å²) in [6.45, 7) is 4.31. The van der Waals surface area contributed by atoms with E-state index in [0.717, 1.165) is 19.3 Å². The van der Waals surface area contributed by atoms with Crippen LogP contribution < -0.4 is 0 Å². The summed E-state index contributed by atoms with van der Waals surface area (Å²) in [6.07, 6.45) is 8.10. The van der Waals surface area contributed by atoms with E-state index in [2.05, 4.69) is 19.1 Å². The van der Waals surface area contributed by atoms with Crippen molar-refractivity contribution in [1.82, 2.24) is 0 Å². The maximum Gasteiger partial charge on any atom is 0.173 e. The third-order valence-corrected chi connectivity index (χ3v) is 8.14. The Bertz CT molecular complexity index is 692. The highest BCUT2D eigenvalue weighted by atomic mass is 19.1. The maximum absolute atomic E-state index is 14.2. The average molecular weight is 314 g/mol. The van der Waals surface area contributed by atoms with Crippen molar-refractivity contribution in [2.24, 2.45) is 40.4 Å². The van der Waals surface area contributed by atoms with Gasteiger partial charge in [0.05, 0.1) is 0 Å². The highest BCUT2D eigenvalue weighted by Crippen LogP contribution is 2.69. The fraction of sp³-hybridized carbons (Fsp3) is 0.700. The topological polar surface area (TPSA) is 34.1 Å². The Balaban J connectivity index is 1.60. The van der Waals surface area contributed by atoms with Crippen LogP contribution in [0.3, 0.4) is 0 Å². The number of ketones is 2. The van der Waals surface area contributed by atoms with Gasteiger partial charge < -0.3 is 0 Å². The summed E-state index contributed by atoms with van der Waals surface area (Å²) in [7, 11) is 0. The van der Waals surface area contributed by atoms with Gasteiger partial charge in [0.25, 0.3) is 0 Å². The Morgan fingerprint density at radius 2 is 1.91 bits per heavy atom. The van der Waals surface area contributed by atoms with Crippen molar-refractivity contribution in [3.8, 4) is 0 Å². The zero-order valence-corrected chi connectivity index (χ0v) is 13.7. The van der Waals surface area contributed by atoms with E-state index in [-0.39, 0.29) is 29.0 Å². The number of hydrogen-bond acceptors (Lipinski definition) is 2. The van der Waals surface area contributed by atoms with Crippen molar-refractivity contribution < 1.29 is 14.0 Å². The van der Waals surface area contributed by atoms with Gasteiger partial charge in [0.1, 0.15) is 0 Å². The molecule has 0 radical (unpaired) electrons. The van der Waals surface area contributed by atoms with Crippen molar-refractivity contribution in [2.45, 2.75) is 45.7 Å².